The number of benzene rings is 1. The highest BCUT2D eigenvalue weighted by Gasteiger charge is 2.26. The summed E-state index contributed by atoms with van der Waals surface area (Å²) in [6.45, 7) is 3.50. The fourth-order valence-corrected chi connectivity index (χ4v) is 5.59. The lowest BCUT2D eigenvalue weighted by Gasteiger charge is -2.17. The van der Waals surface area contributed by atoms with Crippen molar-refractivity contribution < 1.29 is 17.6 Å². The van der Waals surface area contributed by atoms with Crippen LogP contribution < -0.4 is 15.8 Å². The first-order valence-electron chi connectivity index (χ1n) is 11.7. The summed E-state index contributed by atoms with van der Waals surface area (Å²) in [5.74, 6) is -0.265. The smallest absolute Gasteiger partial charge is 0.264 e. The largest absolute Gasteiger partial charge is 0.464 e. The molecule has 0 radical (unpaired) electrons. The number of carbonyl (C=O) groups excluding carboxylic acids is 1. The summed E-state index contributed by atoms with van der Waals surface area (Å²) in [6, 6.07) is 14.5. The Balaban J connectivity index is 1.53. The molecule has 3 aromatic heterocycles. The molecule has 4 aromatic rings. The number of hydrogen-bond donors (Lipinski definition) is 3. The second kappa shape index (κ2) is 11.9. The van der Waals surface area contributed by atoms with Crippen molar-refractivity contribution in [2.45, 2.75) is 35.4 Å². The molecule has 1 atom stereocenters. The number of sulfonamides is 1. The molecular formula is C26H22N8O4S2. The van der Waals surface area contributed by atoms with E-state index in [9.17, 15) is 23.7 Å². The molecule has 4 rings (SSSR count). The van der Waals surface area contributed by atoms with Crippen molar-refractivity contribution in [3.63, 3.8) is 0 Å². The fourth-order valence-electron chi connectivity index (χ4n) is 3.62. The number of nitriles is 2. The van der Waals surface area contributed by atoms with E-state index in [1.54, 1.807) is 32.0 Å². The van der Waals surface area contributed by atoms with Crippen LogP contribution in [0.15, 0.2) is 69.3 Å². The normalized spacial score (nSPS) is 11.7. The first-order valence-corrected chi connectivity index (χ1v) is 14.1. The van der Waals surface area contributed by atoms with Crippen molar-refractivity contribution >= 4 is 45.1 Å². The van der Waals surface area contributed by atoms with Crippen molar-refractivity contribution in [2.75, 3.05) is 15.8 Å². The van der Waals surface area contributed by atoms with E-state index in [1.165, 1.54) is 36.7 Å². The summed E-state index contributed by atoms with van der Waals surface area (Å²) in [5, 5.41) is 21.8. The van der Waals surface area contributed by atoms with Crippen LogP contribution in [0.4, 0.5) is 17.5 Å². The van der Waals surface area contributed by atoms with Crippen molar-refractivity contribution in [3.8, 4) is 23.5 Å². The molecule has 12 nitrogen and oxygen atoms in total. The van der Waals surface area contributed by atoms with Crippen molar-refractivity contribution in [2.24, 2.45) is 0 Å². The summed E-state index contributed by atoms with van der Waals surface area (Å²) in [5.41, 5.74) is 7.27. The van der Waals surface area contributed by atoms with E-state index in [2.05, 4.69) is 31.1 Å². The van der Waals surface area contributed by atoms with E-state index in [4.69, 9.17) is 10.2 Å². The second-order valence-corrected chi connectivity index (χ2v) is 11.2. The van der Waals surface area contributed by atoms with Gasteiger partial charge in [0.05, 0.1) is 27.5 Å². The number of hydrogen-bond acceptors (Lipinski definition) is 11. The molecule has 0 spiro atoms. The predicted molar refractivity (Wildman–Crippen MR) is 148 cm³/mol. The van der Waals surface area contributed by atoms with Gasteiger partial charge >= 0.3 is 0 Å². The maximum atomic E-state index is 13.1. The van der Waals surface area contributed by atoms with Gasteiger partial charge in [-0.3, -0.25) is 4.79 Å². The molecular weight excluding hydrogens is 552 g/mol. The summed E-state index contributed by atoms with van der Waals surface area (Å²) in [4.78, 5) is 25.3. The SMILES string of the molecule is CCC(Sc1nc(N)c(C#N)c(-c2ccco2)c1C#N)C(=O)Nc1ccc(S(=O)(=O)Nc2nccc(C)n2)cc1. The number of anilines is 3. The van der Waals surface area contributed by atoms with Gasteiger partial charge in [0.15, 0.2) is 0 Å². The number of rotatable bonds is 9. The Labute approximate surface area is 234 Å². The molecule has 0 aliphatic rings. The molecule has 14 heteroatoms. The summed E-state index contributed by atoms with van der Waals surface area (Å²) in [7, 11) is -3.95. The van der Waals surface area contributed by atoms with Crippen molar-refractivity contribution in [1.29, 1.82) is 10.5 Å². The Kier molecular flexibility index (Phi) is 8.33. The number of aromatic nitrogens is 3. The molecule has 0 saturated heterocycles. The van der Waals surface area contributed by atoms with E-state index in [1.807, 2.05) is 6.07 Å². The highest BCUT2D eigenvalue weighted by Crippen LogP contribution is 2.37. The monoisotopic (exact) mass is 574 g/mol. The number of carbonyl (C=O) groups is 1. The minimum atomic E-state index is -3.95. The lowest BCUT2D eigenvalue weighted by molar-refractivity contribution is -0.115. The molecule has 1 aromatic carbocycles. The lowest BCUT2D eigenvalue weighted by atomic mass is 10.0. The third-order valence-electron chi connectivity index (χ3n) is 5.55. The molecule has 40 heavy (non-hydrogen) atoms. The Morgan fingerprint density at radius 2 is 1.85 bits per heavy atom. The van der Waals surface area contributed by atoms with E-state index >= 15 is 0 Å². The van der Waals surface area contributed by atoms with E-state index in [0.29, 0.717) is 17.8 Å². The van der Waals surface area contributed by atoms with E-state index < -0.39 is 21.2 Å². The zero-order valence-corrected chi connectivity index (χ0v) is 22.9. The molecule has 1 unspecified atom stereocenters. The molecule has 3 heterocycles. The van der Waals surface area contributed by atoms with Crippen LogP contribution in [0.3, 0.4) is 0 Å². The van der Waals surface area contributed by atoms with Crippen LogP contribution in [-0.2, 0) is 14.8 Å². The van der Waals surface area contributed by atoms with Gasteiger partial charge in [0.25, 0.3) is 10.0 Å². The van der Waals surface area contributed by atoms with Crippen LogP contribution in [0.25, 0.3) is 11.3 Å². The fraction of sp³-hybridized carbons (Fsp3) is 0.154. The highest BCUT2D eigenvalue weighted by molar-refractivity contribution is 8.00. The Morgan fingerprint density at radius 3 is 2.45 bits per heavy atom. The lowest BCUT2D eigenvalue weighted by Crippen LogP contribution is -2.25. The van der Waals surface area contributed by atoms with Gasteiger partial charge in [-0.05, 0) is 55.8 Å². The van der Waals surface area contributed by atoms with Gasteiger partial charge in [-0.1, -0.05) is 18.7 Å². The second-order valence-electron chi connectivity index (χ2n) is 8.28. The van der Waals surface area contributed by atoms with Crippen LogP contribution in [0.5, 0.6) is 0 Å². The average molecular weight is 575 g/mol. The van der Waals surface area contributed by atoms with E-state index in [0.717, 1.165) is 11.8 Å². The van der Waals surface area contributed by atoms with Gasteiger partial charge in [0.1, 0.15) is 34.3 Å². The number of amides is 1. The minimum absolute atomic E-state index is 0.00634. The number of aryl methyl sites for hydroxylation is 1. The summed E-state index contributed by atoms with van der Waals surface area (Å²) in [6.07, 6.45) is 3.22. The molecule has 0 bridgehead atoms. The predicted octanol–water partition coefficient (Wildman–Crippen LogP) is 4.08. The highest BCUT2D eigenvalue weighted by atomic mass is 32.2. The Morgan fingerprint density at radius 1 is 1.12 bits per heavy atom. The van der Waals surface area contributed by atoms with Gasteiger partial charge in [-0.25, -0.2) is 28.1 Å². The molecule has 0 aliphatic carbocycles. The topological polar surface area (TPSA) is 201 Å². The van der Waals surface area contributed by atoms with Gasteiger partial charge in [0.2, 0.25) is 11.9 Å². The van der Waals surface area contributed by atoms with Crippen molar-refractivity contribution in [1.82, 2.24) is 15.0 Å². The number of pyridine rings is 1. The number of nitrogens with zero attached hydrogens (tertiary/aromatic N) is 5. The summed E-state index contributed by atoms with van der Waals surface area (Å²) < 4.78 is 33.1. The molecule has 0 aliphatic heterocycles. The third-order valence-corrected chi connectivity index (χ3v) is 8.25. The van der Waals surface area contributed by atoms with E-state index in [-0.39, 0.29) is 44.1 Å². The van der Waals surface area contributed by atoms with Gasteiger partial charge < -0.3 is 15.5 Å². The molecule has 4 N–H and O–H groups in total. The summed E-state index contributed by atoms with van der Waals surface area (Å²) >= 11 is 1.03. The van der Waals surface area contributed by atoms with Gasteiger partial charge in [-0.2, -0.15) is 10.5 Å². The number of furan rings is 1. The maximum Gasteiger partial charge on any atom is 0.264 e. The zero-order chi connectivity index (χ0) is 28.9. The number of nitrogens with two attached hydrogens (primary N) is 1. The Bertz CT molecular complexity index is 1740. The number of nitrogen functional groups attached to an aromatic ring is 1. The average Bonchev–Trinajstić information content (AvgIpc) is 3.46. The third kappa shape index (κ3) is 6.04. The van der Waals surface area contributed by atoms with Crippen LogP contribution in [0.2, 0.25) is 0 Å². The van der Waals surface area contributed by atoms with Gasteiger partial charge in [-0.15, -0.1) is 0 Å². The first-order chi connectivity index (χ1) is 19.2. The zero-order valence-electron chi connectivity index (χ0n) is 21.2. The molecule has 202 valence electrons. The van der Waals surface area contributed by atoms with Crippen LogP contribution in [0, 0.1) is 29.6 Å². The Hall–Kier alpha value is -4.92. The number of nitrogens with one attached hydrogen (secondary N) is 2. The molecule has 0 fully saturated rings. The maximum absolute atomic E-state index is 13.1. The van der Waals surface area contributed by atoms with Crippen LogP contribution >= 0.6 is 11.8 Å². The minimum Gasteiger partial charge on any atom is -0.464 e. The number of thioether (sulfide) groups is 1. The van der Waals surface area contributed by atoms with Crippen LogP contribution in [-0.4, -0.2) is 34.5 Å². The standard InChI is InChI=1S/C26H22N8O4S2/c1-3-21(39-25-19(14-28)22(20-5-4-12-38-20)18(13-27)23(29)33-25)24(35)32-16-6-8-17(9-7-16)40(36,37)34-26-30-11-10-15(2)31-26/h4-12,21H,3H2,1-2H3,(H2,29,33)(H,32,35)(H,30,31,34). The quantitative estimate of drug-likeness (QED) is 0.243. The first kappa shape index (κ1) is 28.1. The van der Waals surface area contributed by atoms with Crippen LogP contribution in [0.1, 0.15) is 30.2 Å². The molecule has 0 saturated carbocycles. The molecule has 1 amide bonds. The van der Waals surface area contributed by atoms with Gasteiger partial charge in [0, 0.05) is 17.6 Å². The van der Waals surface area contributed by atoms with Crippen molar-refractivity contribution in [3.05, 3.63) is 71.7 Å².